The van der Waals surface area contributed by atoms with Crippen LogP contribution in [-0.2, 0) is 0 Å². The van der Waals surface area contributed by atoms with Gasteiger partial charge in [-0.25, -0.2) is 0 Å². The molecule has 1 aromatic heterocycles. The Bertz CT molecular complexity index is 688. The van der Waals surface area contributed by atoms with Crippen LogP contribution in [-0.4, -0.2) is 28.9 Å². The molecule has 0 aliphatic heterocycles. The average Bonchev–Trinajstić information content (AvgIpc) is 2.49. The fraction of sp³-hybridized carbons (Fsp3) is 0.250. The Morgan fingerprint density at radius 3 is 2.24 bits per heavy atom. The summed E-state index contributed by atoms with van der Waals surface area (Å²) in [6.45, 7) is 4.93. The molecule has 5 heteroatoms. The molecule has 1 aromatic carbocycles. The predicted molar refractivity (Wildman–Crippen MR) is 84.8 cm³/mol. The van der Waals surface area contributed by atoms with Gasteiger partial charge in [-0.2, -0.15) is 0 Å². The minimum absolute atomic E-state index is 0.163. The number of aromatic amines is 1. The number of halogens is 1. The number of nitrogens with one attached hydrogen (secondary N) is 1. The van der Waals surface area contributed by atoms with E-state index in [9.17, 15) is 9.59 Å². The number of hydrogen-bond donors (Lipinski definition) is 1. The topological polar surface area (TPSA) is 53.2 Å². The number of benzene rings is 1. The van der Waals surface area contributed by atoms with Crippen LogP contribution in [0.1, 0.15) is 24.2 Å². The summed E-state index contributed by atoms with van der Waals surface area (Å²) < 4.78 is 0. The molecule has 21 heavy (non-hydrogen) atoms. The summed E-state index contributed by atoms with van der Waals surface area (Å²) in [4.78, 5) is 28.7. The highest BCUT2D eigenvalue weighted by molar-refractivity contribution is 6.30. The van der Waals surface area contributed by atoms with Gasteiger partial charge in [-0.1, -0.05) is 23.7 Å². The third-order valence-corrected chi connectivity index (χ3v) is 3.60. The number of amides is 1. The van der Waals surface area contributed by atoms with Gasteiger partial charge in [-0.15, -0.1) is 0 Å². The normalized spacial score (nSPS) is 10.4. The zero-order valence-electron chi connectivity index (χ0n) is 12.0. The fourth-order valence-corrected chi connectivity index (χ4v) is 2.25. The molecule has 0 radical (unpaired) electrons. The highest BCUT2D eigenvalue weighted by atomic mass is 35.5. The molecule has 1 N–H and O–H groups in total. The predicted octanol–water partition coefficient (Wildman–Crippen LogP) is 3.18. The maximum Gasteiger partial charge on any atom is 0.261 e. The van der Waals surface area contributed by atoms with Gasteiger partial charge in [-0.05, 0) is 43.7 Å². The van der Waals surface area contributed by atoms with E-state index in [1.807, 2.05) is 26.0 Å². The van der Waals surface area contributed by atoms with Crippen molar-refractivity contribution in [2.24, 2.45) is 0 Å². The Balaban J connectivity index is 2.36. The lowest BCUT2D eigenvalue weighted by molar-refractivity contribution is 0.0771. The number of aromatic nitrogens is 1. The first-order valence-electron chi connectivity index (χ1n) is 6.85. The van der Waals surface area contributed by atoms with Crippen molar-refractivity contribution in [1.29, 1.82) is 0 Å². The van der Waals surface area contributed by atoms with Gasteiger partial charge in [0.05, 0.1) is 0 Å². The van der Waals surface area contributed by atoms with E-state index in [0.29, 0.717) is 23.8 Å². The van der Waals surface area contributed by atoms with Crippen LogP contribution in [0.15, 0.2) is 41.2 Å². The number of carbonyl (C=O) groups excluding carboxylic acids is 1. The highest BCUT2D eigenvalue weighted by Gasteiger charge is 2.16. The molecule has 0 saturated heterocycles. The summed E-state index contributed by atoms with van der Waals surface area (Å²) in [5, 5.41) is 0.634. The van der Waals surface area contributed by atoms with Crippen molar-refractivity contribution in [3.63, 3.8) is 0 Å². The molecule has 0 spiro atoms. The van der Waals surface area contributed by atoms with Crippen molar-refractivity contribution in [2.75, 3.05) is 13.1 Å². The molecule has 1 amide bonds. The van der Waals surface area contributed by atoms with Gasteiger partial charge >= 0.3 is 0 Å². The number of H-pyrrole nitrogens is 1. The van der Waals surface area contributed by atoms with Crippen molar-refractivity contribution in [3.05, 3.63) is 57.3 Å². The van der Waals surface area contributed by atoms with E-state index in [4.69, 9.17) is 11.6 Å². The number of rotatable bonds is 4. The number of nitrogens with zero attached hydrogens (tertiary/aromatic N) is 1. The molecule has 0 bridgehead atoms. The Labute approximate surface area is 128 Å². The highest BCUT2D eigenvalue weighted by Crippen LogP contribution is 2.18. The molecule has 1 heterocycles. The molecule has 2 rings (SSSR count). The van der Waals surface area contributed by atoms with Crippen LogP contribution in [0.3, 0.4) is 0 Å². The van der Waals surface area contributed by atoms with Crippen LogP contribution in [0, 0.1) is 0 Å². The van der Waals surface area contributed by atoms with E-state index >= 15 is 0 Å². The summed E-state index contributed by atoms with van der Waals surface area (Å²) in [5.41, 5.74) is 1.29. The van der Waals surface area contributed by atoms with Crippen molar-refractivity contribution in [2.45, 2.75) is 13.8 Å². The van der Waals surface area contributed by atoms with Crippen molar-refractivity contribution in [1.82, 2.24) is 9.88 Å². The van der Waals surface area contributed by atoms with E-state index < -0.39 is 0 Å². The lowest BCUT2D eigenvalue weighted by Gasteiger charge is -2.18. The van der Waals surface area contributed by atoms with E-state index in [0.717, 1.165) is 5.56 Å². The van der Waals surface area contributed by atoms with Gasteiger partial charge in [0.15, 0.2) is 0 Å². The summed E-state index contributed by atoms with van der Waals surface area (Å²) in [7, 11) is 0. The minimum atomic E-state index is -0.376. The molecule has 0 atom stereocenters. The first-order valence-corrected chi connectivity index (χ1v) is 7.23. The van der Waals surface area contributed by atoms with E-state index in [1.165, 1.54) is 0 Å². The second-order valence-electron chi connectivity index (χ2n) is 4.60. The quantitative estimate of drug-likeness (QED) is 0.943. The Kier molecular flexibility index (Phi) is 4.81. The largest absolute Gasteiger partial charge is 0.339 e. The number of carbonyl (C=O) groups is 1. The van der Waals surface area contributed by atoms with Crippen LogP contribution in [0.25, 0.3) is 11.3 Å². The average molecular weight is 305 g/mol. The van der Waals surface area contributed by atoms with Crippen LogP contribution < -0.4 is 5.56 Å². The number of pyridine rings is 1. The Morgan fingerprint density at radius 2 is 1.71 bits per heavy atom. The van der Waals surface area contributed by atoms with Gasteiger partial charge in [-0.3, -0.25) is 9.59 Å². The summed E-state index contributed by atoms with van der Waals surface area (Å²) in [5.74, 6) is -0.246. The first kappa shape index (κ1) is 15.3. The molecule has 0 aliphatic carbocycles. The first-order chi connectivity index (χ1) is 10.1. The Hall–Kier alpha value is -2.07. The van der Waals surface area contributed by atoms with Gasteiger partial charge < -0.3 is 9.88 Å². The number of hydrogen-bond acceptors (Lipinski definition) is 2. The second kappa shape index (κ2) is 6.59. The van der Waals surface area contributed by atoms with Gasteiger partial charge in [0.25, 0.3) is 11.5 Å². The van der Waals surface area contributed by atoms with Crippen molar-refractivity contribution < 1.29 is 4.79 Å². The molecule has 0 fully saturated rings. The van der Waals surface area contributed by atoms with Crippen LogP contribution >= 0.6 is 11.6 Å². The molecular formula is C16H17ClN2O2. The molecule has 110 valence electrons. The van der Waals surface area contributed by atoms with Gasteiger partial charge in [0, 0.05) is 23.8 Å². The third-order valence-electron chi connectivity index (χ3n) is 3.35. The maximum absolute atomic E-state index is 12.2. The molecular weight excluding hydrogens is 288 g/mol. The lowest BCUT2D eigenvalue weighted by atomic mass is 10.1. The molecule has 2 aromatic rings. The van der Waals surface area contributed by atoms with Gasteiger partial charge in [0.2, 0.25) is 0 Å². The monoisotopic (exact) mass is 304 g/mol. The zero-order chi connectivity index (χ0) is 15.4. The van der Waals surface area contributed by atoms with Crippen LogP contribution in [0.5, 0.6) is 0 Å². The van der Waals surface area contributed by atoms with Crippen molar-refractivity contribution >= 4 is 17.5 Å². The maximum atomic E-state index is 12.2. The zero-order valence-corrected chi connectivity index (χ0v) is 12.8. The molecule has 4 nitrogen and oxygen atoms in total. The van der Waals surface area contributed by atoms with Crippen LogP contribution in [0.4, 0.5) is 0 Å². The van der Waals surface area contributed by atoms with Gasteiger partial charge in [0.1, 0.15) is 5.56 Å². The van der Waals surface area contributed by atoms with E-state index in [2.05, 4.69) is 4.98 Å². The SMILES string of the molecule is CCN(CC)C(=O)c1ccc(-c2ccc(Cl)cc2)[nH]c1=O. The summed E-state index contributed by atoms with van der Waals surface area (Å²) in [6, 6.07) is 10.5. The van der Waals surface area contributed by atoms with E-state index in [-0.39, 0.29) is 17.0 Å². The molecule has 0 aliphatic rings. The second-order valence-corrected chi connectivity index (χ2v) is 5.04. The van der Waals surface area contributed by atoms with E-state index in [1.54, 1.807) is 29.2 Å². The molecule has 0 unspecified atom stereocenters. The van der Waals surface area contributed by atoms with Crippen molar-refractivity contribution in [3.8, 4) is 11.3 Å². The fourth-order valence-electron chi connectivity index (χ4n) is 2.12. The lowest BCUT2D eigenvalue weighted by Crippen LogP contribution is -2.34. The Morgan fingerprint density at radius 1 is 1.10 bits per heavy atom. The third kappa shape index (κ3) is 3.34. The summed E-state index contributed by atoms with van der Waals surface area (Å²) >= 11 is 5.84. The summed E-state index contributed by atoms with van der Waals surface area (Å²) in [6.07, 6.45) is 0. The smallest absolute Gasteiger partial charge is 0.261 e. The standard InChI is InChI=1S/C16H17ClN2O2/c1-3-19(4-2)16(21)13-9-10-14(18-15(13)20)11-5-7-12(17)8-6-11/h5-10H,3-4H2,1-2H3,(H,18,20). The molecule has 0 saturated carbocycles. The minimum Gasteiger partial charge on any atom is -0.339 e. The van der Waals surface area contributed by atoms with Crippen LogP contribution in [0.2, 0.25) is 5.02 Å².